The van der Waals surface area contributed by atoms with Gasteiger partial charge in [-0.15, -0.1) is 0 Å². The van der Waals surface area contributed by atoms with E-state index >= 15 is 0 Å². The molecule has 1 aliphatic rings. The molecule has 0 radical (unpaired) electrons. The highest BCUT2D eigenvalue weighted by atomic mass is 16.2. The molecule has 1 aliphatic carbocycles. The zero-order valence-corrected chi connectivity index (χ0v) is 14.0. The number of para-hydroxylation sites is 1. The van der Waals surface area contributed by atoms with Gasteiger partial charge in [0.15, 0.2) is 0 Å². The summed E-state index contributed by atoms with van der Waals surface area (Å²) >= 11 is 0. The van der Waals surface area contributed by atoms with E-state index in [4.69, 9.17) is 0 Å². The molecule has 0 spiro atoms. The minimum absolute atomic E-state index is 0.0228. The first kappa shape index (κ1) is 17.3. The molecule has 0 aliphatic heterocycles. The van der Waals surface area contributed by atoms with Gasteiger partial charge in [0.25, 0.3) is 0 Å². The van der Waals surface area contributed by atoms with E-state index in [1.165, 1.54) is 6.42 Å². The second kappa shape index (κ2) is 8.56. The second-order valence-electron chi connectivity index (χ2n) is 6.25. The third kappa shape index (κ3) is 5.27. The number of aryl methyl sites for hydroxylation is 1. The Bertz CT molecular complexity index is 545. The van der Waals surface area contributed by atoms with Crippen LogP contribution in [0.4, 0.5) is 10.5 Å². The average molecular weight is 317 g/mol. The van der Waals surface area contributed by atoms with Gasteiger partial charge in [-0.05, 0) is 36.8 Å². The van der Waals surface area contributed by atoms with Crippen molar-refractivity contribution in [1.29, 1.82) is 0 Å². The van der Waals surface area contributed by atoms with Gasteiger partial charge in [0.2, 0.25) is 5.91 Å². The fourth-order valence-corrected chi connectivity index (χ4v) is 3.06. The van der Waals surface area contributed by atoms with E-state index in [2.05, 4.69) is 22.9 Å². The Kier molecular flexibility index (Phi) is 6.44. The number of urea groups is 1. The zero-order valence-electron chi connectivity index (χ0n) is 14.0. The maximum Gasteiger partial charge on any atom is 0.315 e. The Balaban J connectivity index is 1.76. The summed E-state index contributed by atoms with van der Waals surface area (Å²) in [5.41, 5.74) is 1.89. The summed E-state index contributed by atoms with van der Waals surface area (Å²) < 4.78 is 0. The molecule has 0 bridgehead atoms. The highest BCUT2D eigenvalue weighted by Crippen LogP contribution is 2.23. The van der Waals surface area contributed by atoms with Crippen molar-refractivity contribution in [3.8, 4) is 0 Å². The lowest BCUT2D eigenvalue weighted by atomic mass is 9.86. The van der Waals surface area contributed by atoms with Crippen molar-refractivity contribution in [2.24, 2.45) is 5.92 Å². The van der Waals surface area contributed by atoms with E-state index in [-0.39, 0.29) is 24.5 Å². The van der Waals surface area contributed by atoms with Crippen molar-refractivity contribution in [2.75, 3.05) is 11.9 Å². The van der Waals surface area contributed by atoms with Crippen LogP contribution in [-0.2, 0) is 11.2 Å². The third-order valence-electron chi connectivity index (χ3n) is 4.51. The standard InChI is InChI=1S/C18H27N3O2/c1-3-14-9-5-7-11-16(14)20-17(22)12-19-18(23)21-15-10-6-4-8-13(15)2/h5,7,9,11,13,15H,3-4,6,8,10,12H2,1-2H3,(H,20,22)(H2,19,21,23). The number of hydrogen-bond donors (Lipinski definition) is 3. The summed E-state index contributed by atoms with van der Waals surface area (Å²) in [4.78, 5) is 23.9. The Labute approximate surface area is 138 Å². The van der Waals surface area contributed by atoms with Gasteiger partial charge >= 0.3 is 6.03 Å². The van der Waals surface area contributed by atoms with Crippen molar-refractivity contribution in [3.63, 3.8) is 0 Å². The first-order valence-corrected chi connectivity index (χ1v) is 8.52. The minimum atomic E-state index is -0.261. The molecule has 126 valence electrons. The largest absolute Gasteiger partial charge is 0.335 e. The van der Waals surface area contributed by atoms with E-state index in [0.717, 1.165) is 36.9 Å². The molecule has 1 fully saturated rings. The maximum atomic E-state index is 12.0. The third-order valence-corrected chi connectivity index (χ3v) is 4.51. The molecule has 5 heteroatoms. The van der Waals surface area contributed by atoms with E-state index in [9.17, 15) is 9.59 Å². The van der Waals surface area contributed by atoms with Crippen molar-refractivity contribution in [3.05, 3.63) is 29.8 Å². The van der Waals surface area contributed by atoms with Crippen LogP contribution in [0.15, 0.2) is 24.3 Å². The molecule has 0 aromatic heterocycles. The van der Waals surface area contributed by atoms with Crippen LogP contribution < -0.4 is 16.0 Å². The van der Waals surface area contributed by atoms with E-state index in [0.29, 0.717) is 5.92 Å². The Morgan fingerprint density at radius 1 is 1.17 bits per heavy atom. The van der Waals surface area contributed by atoms with Crippen LogP contribution in [-0.4, -0.2) is 24.5 Å². The topological polar surface area (TPSA) is 70.2 Å². The maximum absolute atomic E-state index is 12.0. The lowest BCUT2D eigenvalue weighted by molar-refractivity contribution is -0.115. The quantitative estimate of drug-likeness (QED) is 0.781. The van der Waals surface area contributed by atoms with Crippen molar-refractivity contribution in [2.45, 2.75) is 52.0 Å². The van der Waals surface area contributed by atoms with E-state index < -0.39 is 0 Å². The number of amides is 3. The van der Waals surface area contributed by atoms with Crippen LogP contribution in [0.1, 0.15) is 45.1 Å². The zero-order chi connectivity index (χ0) is 16.7. The number of benzene rings is 1. The van der Waals surface area contributed by atoms with Crippen molar-refractivity contribution in [1.82, 2.24) is 10.6 Å². The summed E-state index contributed by atoms with van der Waals surface area (Å²) in [6, 6.07) is 7.65. The van der Waals surface area contributed by atoms with Crippen molar-refractivity contribution < 1.29 is 9.59 Å². The molecule has 2 rings (SSSR count). The van der Waals surface area contributed by atoms with Gasteiger partial charge in [-0.2, -0.15) is 0 Å². The summed E-state index contributed by atoms with van der Waals surface area (Å²) in [6.45, 7) is 4.19. The highest BCUT2D eigenvalue weighted by molar-refractivity contribution is 5.94. The molecule has 3 N–H and O–H groups in total. The molecule has 1 saturated carbocycles. The second-order valence-corrected chi connectivity index (χ2v) is 6.25. The fraction of sp³-hybridized carbons (Fsp3) is 0.556. The average Bonchev–Trinajstić information content (AvgIpc) is 2.55. The highest BCUT2D eigenvalue weighted by Gasteiger charge is 2.22. The molecular weight excluding hydrogens is 290 g/mol. The molecule has 3 amide bonds. The van der Waals surface area contributed by atoms with E-state index in [1.54, 1.807) is 0 Å². The number of rotatable bonds is 5. The molecule has 5 nitrogen and oxygen atoms in total. The summed E-state index contributed by atoms with van der Waals surface area (Å²) in [5, 5.41) is 8.47. The van der Waals surface area contributed by atoms with Gasteiger partial charge in [-0.1, -0.05) is 44.9 Å². The summed E-state index contributed by atoms with van der Waals surface area (Å²) in [5.74, 6) is 0.289. The van der Waals surface area contributed by atoms with Crippen LogP contribution in [0.25, 0.3) is 0 Å². The Morgan fingerprint density at radius 3 is 2.65 bits per heavy atom. The van der Waals surface area contributed by atoms with Crippen LogP contribution in [0, 0.1) is 5.92 Å². The van der Waals surface area contributed by atoms with Crippen LogP contribution in [0.5, 0.6) is 0 Å². The molecule has 23 heavy (non-hydrogen) atoms. The lowest BCUT2D eigenvalue weighted by Gasteiger charge is -2.29. The minimum Gasteiger partial charge on any atom is -0.335 e. The lowest BCUT2D eigenvalue weighted by Crippen LogP contribution is -2.47. The first-order chi connectivity index (χ1) is 11.1. The number of carbonyl (C=O) groups excluding carboxylic acids is 2. The van der Waals surface area contributed by atoms with Gasteiger partial charge < -0.3 is 16.0 Å². The number of nitrogens with one attached hydrogen (secondary N) is 3. The monoisotopic (exact) mass is 317 g/mol. The van der Waals surface area contributed by atoms with Gasteiger partial charge in [0, 0.05) is 11.7 Å². The van der Waals surface area contributed by atoms with Gasteiger partial charge in [0.05, 0.1) is 6.54 Å². The molecular formula is C18H27N3O2. The molecule has 2 atom stereocenters. The Morgan fingerprint density at radius 2 is 1.91 bits per heavy atom. The molecule has 0 saturated heterocycles. The fourth-order valence-electron chi connectivity index (χ4n) is 3.06. The predicted octanol–water partition coefficient (Wildman–Crippen LogP) is 3.07. The van der Waals surface area contributed by atoms with Crippen LogP contribution in [0.3, 0.4) is 0 Å². The molecule has 0 heterocycles. The molecule has 2 unspecified atom stereocenters. The van der Waals surface area contributed by atoms with Gasteiger partial charge in [0.1, 0.15) is 0 Å². The summed E-state index contributed by atoms with van der Waals surface area (Å²) in [6.07, 6.45) is 5.41. The van der Waals surface area contributed by atoms with Crippen LogP contribution in [0.2, 0.25) is 0 Å². The van der Waals surface area contributed by atoms with Crippen molar-refractivity contribution >= 4 is 17.6 Å². The van der Waals surface area contributed by atoms with Crippen LogP contribution >= 0.6 is 0 Å². The molecule has 1 aromatic rings. The number of anilines is 1. The van der Waals surface area contributed by atoms with Gasteiger partial charge in [-0.3, -0.25) is 4.79 Å². The first-order valence-electron chi connectivity index (χ1n) is 8.52. The predicted molar refractivity (Wildman–Crippen MR) is 92.4 cm³/mol. The van der Waals surface area contributed by atoms with E-state index in [1.807, 2.05) is 31.2 Å². The molecule has 1 aromatic carbocycles. The SMILES string of the molecule is CCc1ccccc1NC(=O)CNC(=O)NC1CCCCC1C. The number of carbonyl (C=O) groups is 2. The van der Waals surface area contributed by atoms with Gasteiger partial charge in [-0.25, -0.2) is 4.79 Å². The normalized spacial score (nSPS) is 20.6. The number of hydrogen-bond acceptors (Lipinski definition) is 2. The Hall–Kier alpha value is -2.04. The smallest absolute Gasteiger partial charge is 0.315 e. The summed E-state index contributed by atoms with van der Waals surface area (Å²) in [7, 11) is 0.